The van der Waals surface area contributed by atoms with Crippen LogP contribution in [0.2, 0.25) is 0 Å². The van der Waals surface area contributed by atoms with Gasteiger partial charge in [0, 0.05) is 23.6 Å². The van der Waals surface area contributed by atoms with Gasteiger partial charge in [0.05, 0.1) is 7.11 Å². The Bertz CT molecular complexity index is 791. The van der Waals surface area contributed by atoms with Crippen LogP contribution in [0, 0.1) is 5.92 Å². The van der Waals surface area contributed by atoms with Crippen LogP contribution in [0.25, 0.3) is 0 Å². The monoisotopic (exact) mass is 371 g/mol. The van der Waals surface area contributed by atoms with Gasteiger partial charge in [-0.3, -0.25) is 9.69 Å². The molecule has 6 nitrogen and oxygen atoms in total. The summed E-state index contributed by atoms with van der Waals surface area (Å²) in [6.45, 7) is 5.30. The molecular weight excluding hydrogens is 346 g/mol. The average Bonchev–Trinajstić information content (AvgIpc) is 3.11. The van der Waals surface area contributed by atoms with Crippen molar-refractivity contribution in [3.63, 3.8) is 0 Å². The highest BCUT2D eigenvalue weighted by Crippen LogP contribution is 2.42. The Morgan fingerprint density at radius 1 is 1.15 bits per heavy atom. The van der Waals surface area contributed by atoms with Crippen molar-refractivity contribution in [2.45, 2.75) is 51.7 Å². The second-order valence-corrected chi connectivity index (χ2v) is 7.97. The fraction of sp³-hybridized carbons (Fsp3) is 0.476. The molecule has 0 saturated carbocycles. The van der Waals surface area contributed by atoms with Gasteiger partial charge >= 0.3 is 12.1 Å². The first kappa shape index (κ1) is 19.1. The summed E-state index contributed by atoms with van der Waals surface area (Å²) >= 11 is 0. The topological polar surface area (TPSA) is 72.9 Å². The van der Waals surface area contributed by atoms with Crippen molar-refractivity contribution in [1.82, 2.24) is 4.90 Å². The largest absolute Gasteiger partial charge is 0.467 e. The molecule has 0 bridgehead atoms. The van der Waals surface area contributed by atoms with Gasteiger partial charge in [0.2, 0.25) is 0 Å². The number of benzene rings is 1. The molecule has 2 unspecified atom stereocenters. The van der Waals surface area contributed by atoms with Gasteiger partial charge in [0.1, 0.15) is 11.6 Å². The normalized spacial score (nSPS) is 22.1. The second kappa shape index (κ2) is 7.18. The quantitative estimate of drug-likeness (QED) is 0.763. The summed E-state index contributed by atoms with van der Waals surface area (Å²) in [4.78, 5) is 39.2. The second-order valence-electron chi connectivity index (χ2n) is 7.97. The van der Waals surface area contributed by atoms with Gasteiger partial charge in [-0.05, 0) is 39.2 Å². The summed E-state index contributed by atoms with van der Waals surface area (Å²) in [5.41, 5.74) is 1.53. The maximum Gasteiger partial charge on any atom is 0.415 e. The van der Waals surface area contributed by atoms with Gasteiger partial charge in [-0.25, -0.2) is 9.59 Å². The number of likely N-dealkylation sites (tertiary alicyclic amines) is 1. The lowest BCUT2D eigenvalue weighted by atomic mass is 9.93. The molecule has 3 rings (SSSR count). The van der Waals surface area contributed by atoms with E-state index in [0.29, 0.717) is 24.1 Å². The number of hydrogen-bond donors (Lipinski definition) is 0. The number of carbonyl (C=O) groups is 3. The van der Waals surface area contributed by atoms with Crippen LogP contribution in [-0.2, 0) is 25.5 Å². The lowest BCUT2D eigenvalue weighted by molar-refractivity contribution is -0.145. The zero-order valence-corrected chi connectivity index (χ0v) is 16.2. The molecule has 1 amide bonds. The van der Waals surface area contributed by atoms with E-state index in [0.717, 1.165) is 5.56 Å². The van der Waals surface area contributed by atoms with Crippen molar-refractivity contribution in [3.05, 3.63) is 47.2 Å². The van der Waals surface area contributed by atoms with Crippen molar-refractivity contribution in [2.24, 2.45) is 5.92 Å². The van der Waals surface area contributed by atoms with Crippen LogP contribution in [0.4, 0.5) is 4.79 Å². The number of nitrogens with zero attached hydrogens (tertiary/aromatic N) is 1. The third-order valence-corrected chi connectivity index (χ3v) is 4.84. The Kier molecular flexibility index (Phi) is 5.09. The number of methoxy groups -OCH3 is 1. The number of rotatable bonds is 3. The lowest BCUT2D eigenvalue weighted by Crippen LogP contribution is -2.44. The van der Waals surface area contributed by atoms with E-state index in [4.69, 9.17) is 9.47 Å². The number of Topliss-reactive ketones (excluding diaryl/α,β-unsaturated/α-hetero) is 1. The number of carbonyl (C=O) groups excluding carboxylic acids is 3. The van der Waals surface area contributed by atoms with Gasteiger partial charge in [0.25, 0.3) is 0 Å². The molecule has 0 N–H and O–H groups in total. The Hall–Kier alpha value is -2.63. The summed E-state index contributed by atoms with van der Waals surface area (Å²) < 4.78 is 10.3. The first-order chi connectivity index (χ1) is 12.7. The third-order valence-electron chi connectivity index (χ3n) is 4.84. The van der Waals surface area contributed by atoms with Crippen molar-refractivity contribution in [3.8, 4) is 0 Å². The highest BCUT2D eigenvalue weighted by molar-refractivity contribution is 6.04. The van der Waals surface area contributed by atoms with Crippen LogP contribution in [0.15, 0.2) is 41.6 Å². The Morgan fingerprint density at radius 3 is 2.41 bits per heavy atom. The van der Waals surface area contributed by atoms with E-state index < -0.39 is 23.7 Å². The summed E-state index contributed by atoms with van der Waals surface area (Å²) in [6.07, 6.45) is 0.606. The van der Waals surface area contributed by atoms with Gasteiger partial charge < -0.3 is 9.47 Å². The smallest absolute Gasteiger partial charge is 0.415 e. The number of allylic oxidation sites excluding steroid dienone is 1. The number of hydrogen-bond acceptors (Lipinski definition) is 5. The SMILES string of the molecule is COC(=O)C1CC2=C(CC(Cc3ccccc3)C2=O)N1C(=O)OC(C)(C)C. The van der Waals surface area contributed by atoms with E-state index >= 15 is 0 Å². The van der Waals surface area contributed by atoms with Crippen LogP contribution in [0.5, 0.6) is 0 Å². The molecule has 27 heavy (non-hydrogen) atoms. The fourth-order valence-electron chi connectivity index (χ4n) is 3.71. The lowest BCUT2D eigenvalue weighted by Gasteiger charge is -2.30. The highest BCUT2D eigenvalue weighted by atomic mass is 16.6. The van der Waals surface area contributed by atoms with E-state index in [1.54, 1.807) is 20.8 Å². The first-order valence-corrected chi connectivity index (χ1v) is 9.11. The summed E-state index contributed by atoms with van der Waals surface area (Å²) in [5, 5.41) is 0. The van der Waals surface area contributed by atoms with E-state index in [2.05, 4.69) is 0 Å². The Morgan fingerprint density at radius 2 is 1.81 bits per heavy atom. The summed E-state index contributed by atoms with van der Waals surface area (Å²) in [7, 11) is 1.28. The van der Waals surface area contributed by atoms with Crippen LogP contribution >= 0.6 is 0 Å². The highest BCUT2D eigenvalue weighted by Gasteiger charge is 2.49. The minimum atomic E-state index is -0.837. The van der Waals surface area contributed by atoms with E-state index in [1.807, 2.05) is 30.3 Å². The molecule has 2 atom stereocenters. The summed E-state index contributed by atoms with van der Waals surface area (Å²) in [6, 6.07) is 8.95. The molecule has 1 aromatic carbocycles. The standard InChI is InChI=1S/C21H25NO5/c1-21(2,3)27-20(25)22-16-11-14(10-13-8-6-5-7-9-13)18(23)15(16)12-17(22)19(24)26-4/h5-9,14,17H,10-12H2,1-4H3. The van der Waals surface area contributed by atoms with Crippen molar-refractivity contribution < 1.29 is 23.9 Å². The maximum atomic E-state index is 12.9. The molecule has 0 spiro atoms. The predicted molar refractivity (Wildman–Crippen MR) is 98.8 cm³/mol. The predicted octanol–water partition coefficient (Wildman–Crippen LogP) is 3.25. The zero-order chi connectivity index (χ0) is 19.8. The molecular formula is C21H25NO5. The van der Waals surface area contributed by atoms with Crippen LogP contribution in [0.1, 0.15) is 39.2 Å². The van der Waals surface area contributed by atoms with Crippen molar-refractivity contribution in [1.29, 1.82) is 0 Å². The molecule has 144 valence electrons. The number of amides is 1. The van der Waals surface area contributed by atoms with Gasteiger partial charge in [-0.15, -0.1) is 0 Å². The van der Waals surface area contributed by atoms with Crippen molar-refractivity contribution >= 4 is 17.8 Å². The van der Waals surface area contributed by atoms with E-state index in [-0.39, 0.29) is 18.1 Å². The van der Waals surface area contributed by atoms with Crippen LogP contribution < -0.4 is 0 Å². The van der Waals surface area contributed by atoms with Gasteiger partial charge in [-0.1, -0.05) is 30.3 Å². The maximum absolute atomic E-state index is 12.9. The molecule has 2 aliphatic rings. The summed E-state index contributed by atoms with van der Waals surface area (Å²) in [5.74, 6) is -0.752. The molecule has 0 saturated heterocycles. The average molecular weight is 371 g/mol. The molecule has 1 aliphatic heterocycles. The first-order valence-electron chi connectivity index (χ1n) is 9.11. The molecule has 6 heteroatoms. The number of ketones is 1. The minimum absolute atomic E-state index is 0.00816. The Balaban J connectivity index is 1.83. The van der Waals surface area contributed by atoms with Crippen LogP contribution in [0.3, 0.4) is 0 Å². The van der Waals surface area contributed by atoms with Gasteiger partial charge in [0.15, 0.2) is 5.78 Å². The molecule has 1 aliphatic carbocycles. The zero-order valence-electron chi connectivity index (χ0n) is 16.2. The van der Waals surface area contributed by atoms with E-state index in [9.17, 15) is 14.4 Å². The third kappa shape index (κ3) is 3.89. The number of ether oxygens (including phenoxy) is 2. The Labute approximate surface area is 159 Å². The molecule has 1 aromatic rings. The number of esters is 1. The van der Waals surface area contributed by atoms with Crippen LogP contribution in [-0.4, -0.2) is 41.5 Å². The van der Waals surface area contributed by atoms with Crippen molar-refractivity contribution in [2.75, 3.05) is 7.11 Å². The van der Waals surface area contributed by atoms with E-state index in [1.165, 1.54) is 12.0 Å². The molecule has 1 heterocycles. The molecule has 0 aromatic heterocycles. The molecule has 0 fully saturated rings. The fourth-order valence-corrected chi connectivity index (χ4v) is 3.71. The minimum Gasteiger partial charge on any atom is -0.467 e. The molecule has 0 radical (unpaired) electrons. The van der Waals surface area contributed by atoms with Gasteiger partial charge in [-0.2, -0.15) is 0 Å².